The minimum absolute atomic E-state index is 0.144. The minimum Gasteiger partial charge on any atom is -0.507 e. The Morgan fingerprint density at radius 3 is 0.671 bits per heavy atom. The van der Waals surface area contributed by atoms with Crippen LogP contribution >= 0.6 is 0 Å². The lowest BCUT2D eigenvalue weighted by molar-refractivity contribution is 0.293. The van der Waals surface area contributed by atoms with Crippen molar-refractivity contribution in [3.8, 4) is 46.8 Å². The molecule has 9 rings (SSSR count). The Balaban J connectivity index is 1.47. The summed E-state index contributed by atoms with van der Waals surface area (Å²) in [5.41, 5.74) is 16.3. The molecule has 0 fully saturated rings. The first-order valence-electron chi connectivity index (χ1n) is 29.5. The van der Waals surface area contributed by atoms with E-state index in [1.54, 1.807) is 0 Å². The van der Waals surface area contributed by atoms with Crippen LogP contribution in [0.25, 0.3) is 0 Å². The first-order valence-corrected chi connectivity index (χ1v) is 29.5. The molecule has 6 nitrogen and oxygen atoms in total. The summed E-state index contributed by atoms with van der Waals surface area (Å²) in [6, 6.07) is 32.0. The molecule has 7 aromatic rings. The number of ether oxygens (including phenoxy) is 2. The summed E-state index contributed by atoms with van der Waals surface area (Å²) in [5.74, 6) is 5.06. The van der Waals surface area contributed by atoms with Gasteiger partial charge in [0.15, 0.2) is 0 Å². The summed E-state index contributed by atoms with van der Waals surface area (Å²) in [5, 5.41) is 51.7. The fraction of sp³-hybridized carbons (Fsp3) is 0.421. The second kappa shape index (κ2) is 21.3. The maximum Gasteiger partial charge on any atom is 0.126 e. The van der Waals surface area contributed by atoms with Gasteiger partial charge >= 0.3 is 0 Å². The monoisotopic (exact) mass is 1100 g/mol. The molecule has 0 unspecified atom stereocenters. The zero-order valence-electron chi connectivity index (χ0n) is 52.5. The Hall–Kier alpha value is -7.10. The van der Waals surface area contributed by atoms with Crippen LogP contribution in [0.2, 0.25) is 0 Å². The molecule has 12 bridgehead atoms. The molecular weight excluding hydrogens is 1010 g/mol. The van der Waals surface area contributed by atoms with E-state index in [9.17, 15) is 20.4 Å². The van der Waals surface area contributed by atoms with Crippen molar-refractivity contribution in [2.75, 3.05) is 0 Å². The standard InChI is InChI=1S/C76H90O6/c1-20-64-44-22-21-23-45(64)43-82-70-56-27-51-35-59(72(5,6)7)31-47(66(51)78)24-46-30-58(71(2,3)4)34-50(65(46)77)26-54-38-62(75(14,15)16)39-55(69(54)81-42-44)28-52-36-60(73(8,9)10)32-48(67(52)79)25-49-33-61(74(11,12)13)37-53(68(49)80)29-57(70)41-63(40-56)76(17,18)19/h1,21-23,30-41,77-80H,24-29,42-43H2,2-19H3. The van der Waals surface area contributed by atoms with Crippen LogP contribution in [0.4, 0.5) is 0 Å². The van der Waals surface area contributed by atoms with Crippen molar-refractivity contribution in [3.63, 3.8) is 0 Å². The summed E-state index contributed by atoms with van der Waals surface area (Å²) in [6.45, 7) is 39.9. The lowest BCUT2D eigenvalue weighted by atomic mass is 9.79. The molecule has 0 aromatic heterocycles. The zero-order chi connectivity index (χ0) is 60.0. The van der Waals surface area contributed by atoms with Gasteiger partial charge in [-0.3, -0.25) is 0 Å². The highest BCUT2D eigenvalue weighted by Crippen LogP contribution is 2.46. The highest BCUT2D eigenvalue weighted by atomic mass is 16.5. The summed E-state index contributed by atoms with van der Waals surface area (Å²) in [6.07, 6.45) is 8.43. The number of hydrogen-bond donors (Lipinski definition) is 4. The third-order valence-corrected chi connectivity index (χ3v) is 17.2. The summed E-state index contributed by atoms with van der Waals surface area (Å²) in [7, 11) is 0. The van der Waals surface area contributed by atoms with Crippen LogP contribution < -0.4 is 9.47 Å². The fourth-order valence-corrected chi connectivity index (χ4v) is 11.7. The molecule has 0 amide bonds. The van der Waals surface area contributed by atoms with Crippen LogP contribution in [0.5, 0.6) is 34.5 Å². The zero-order valence-corrected chi connectivity index (χ0v) is 52.5. The third kappa shape index (κ3) is 12.3. The van der Waals surface area contributed by atoms with Crippen molar-refractivity contribution in [1.82, 2.24) is 0 Å². The quantitative estimate of drug-likeness (QED) is 0.113. The van der Waals surface area contributed by atoms with Crippen molar-refractivity contribution in [2.45, 2.75) is 209 Å². The van der Waals surface area contributed by atoms with Gasteiger partial charge in [-0.15, -0.1) is 6.42 Å². The number of fused-ring (bicyclic) bond motifs is 10. The van der Waals surface area contributed by atoms with E-state index in [1.165, 1.54) is 0 Å². The summed E-state index contributed by atoms with van der Waals surface area (Å²) in [4.78, 5) is 0. The molecule has 2 aliphatic rings. The molecule has 82 heavy (non-hydrogen) atoms. The molecule has 7 aromatic carbocycles. The van der Waals surface area contributed by atoms with Crippen molar-refractivity contribution in [3.05, 3.63) is 208 Å². The summed E-state index contributed by atoms with van der Waals surface area (Å²) >= 11 is 0. The van der Waals surface area contributed by atoms with E-state index in [4.69, 9.17) is 15.9 Å². The van der Waals surface area contributed by atoms with Crippen molar-refractivity contribution in [1.29, 1.82) is 0 Å². The van der Waals surface area contributed by atoms with Gasteiger partial charge in [-0.2, -0.15) is 0 Å². The minimum atomic E-state index is -0.308. The molecule has 2 heterocycles. The van der Waals surface area contributed by atoms with Gasteiger partial charge in [-0.05, 0) is 133 Å². The van der Waals surface area contributed by atoms with E-state index < -0.39 is 0 Å². The van der Waals surface area contributed by atoms with Gasteiger partial charge in [0.25, 0.3) is 0 Å². The Labute approximate surface area is 491 Å². The number of terminal acetylenes is 1. The number of rotatable bonds is 0. The van der Waals surface area contributed by atoms with Crippen LogP contribution in [-0.2, 0) is 84.2 Å². The SMILES string of the molecule is C#Cc1c2cccc1COc1c3cc(C(C)(C)C)cc1Cc1cc(C(C)(C)C)cc(c1O)Cc1cc(C(C)(C)C)cc(c1O)Cc1cc(C(C)(C)C)cc(c1OC2)Cc1cc(C(C)(C)C)cc(c1O)Cc1cc(C(C)(C)C)cc(c1O)C3. The number of phenols is 4. The predicted octanol–water partition coefficient (Wildman–Crippen LogP) is 17.6. The van der Waals surface area contributed by atoms with Gasteiger partial charge in [-0.1, -0.05) is 222 Å². The number of benzene rings is 7. The van der Waals surface area contributed by atoms with Crippen molar-refractivity contribution >= 4 is 0 Å². The molecule has 0 saturated heterocycles. The second-order valence-electron chi connectivity index (χ2n) is 30.1. The molecule has 430 valence electrons. The molecule has 0 radical (unpaired) electrons. The predicted molar refractivity (Wildman–Crippen MR) is 337 cm³/mol. The van der Waals surface area contributed by atoms with Crippen LogP contribution in [0.15, 0.2) is 91.0 Å². The lowest BCUT2D eigenvalue weighted by Crippen LogP contribution is -2.16. The van der Waals surface area contributed by atoms with Crippen LogP contribution in [-0.4, -0.2) is 20.4 Å². The molecule has 4 N–H and O–H groups in total. The molecule has 0 spiro atoms. The van der Waals surface area contributed by atoms with Gasteiger partial charge in [0.2, 0.25) is 0 Å². The van der Waals surface area contributed by atoms with Crippen molar-refractivity contribution < 1.29 is 29.9 Å². The number of phenolic OH excluding ortho intramolecular Hbond substituents is 4. The molecule has 0 saturated carbocycles. The molecule has 0 atom stereocenters. The van der Waals surface area contributed by atoms with Gasteiger partial charge in [0.05, 0.1) is 0 Å². The molecule has 6 heteroatoms. The Kier molecular flexibility index (Phi) is 15.4. The Morgan fingerprint density at radius 1 is 0.305 bits per heavy atom. The van der Waals surface area contributed by atoms with E-state index in [0.717, 1.165) is 111 Å². The lowest BCUT2D eigenvalue weighted by Gasteiger charge is -2.28. The highest BCUT2D eigenvalue weighted by Gasteiger charge is 2.31. The largest absolute Gasteiger partial charge is 0.507 e. The number of aromatic hydroxyl groups is 4. The topological polar surface area (TPSA) is 99.4 Å². The molecule has 0 aliphatic carbocycles. The van der Waals surface area contributed by atoms with Gasteiger partial charge in [0.1, 0.15) is 47.7 Å². The van der Waals surface area contributed by atoms with E-state index in [-0.39, 0.29) is 81.5 Å². The normalized spacial score (nSPS) is 14.5. The molecular formula is C76H90O6. The van der Waals surface area contributed by atoms with E-state index in [0.29, 0.717) is 42.7 Å². The van der Waals surface area contributed by atoms with Gasteiger partial charge in [0, 0.05) is 55.2 Å². The van der Waals surface area contributed by atoms with Gasteiger partial charge < -0.3 is 29.9 Å². The Bertz CT molecular complexity index is 3270. The first kappa shape index (κ1) is 59.5. The average molecular weight is 1100 g/mol. The Morgan fingerprint density at radius 2 is 0.488 bits per heavy atom. The third-order valence-electron chi connectivity index (χ3n) is 17.2. The fourth-order valence-electron chi connectivity index (χ4n) is 11.7. The first-order chi connectivity index (χ1) is 38.0. The number of hydrogen-bond acceptors (Lipinski definition) is 6. The highest BCUT2D eigenvalue weighted by molar-refractivity contribution is 5.61. The van der Waals surface area contributed by atoms with Gasteiger partial charge in [-0.25, -0.2) is 0 Å². The van der Waals surface area contributed by atoms with Crippen LogP contribution in [0.3, 0.4) is 0 Å². The molecule has 2 aliphatic heterocycles. The van der Waals surface area contributed by atoms with E-state index in [1.807, 2.05) is 18.2 Å². The van der Waals surface area contributed by atoms with E-state index >= 15 is 0 Å². The second-order valence-corrected chi connectivity index (χ2v) is 30.1. The average Bonchev–Trinajstić information content (AvgIpc) is 3.38. The maximum atomic E-state index is 12.9. The smallest absolute Gasteiger partial charge is 0.126 e. The van der Waals surface area contributed by atoms with E-state index in [2.05, 4.69) is 203 Å². The maximum absolute atomic E-state index is 12.9. The van der Waals surface area contributed by atoms with Crippen molar-refractivity contribution in [2.24, 2.45) is 0 Å². The van der Waals surface area contributed by atoms with Crippen LogP contribution in [0, 0.1) is 12.3 Å². The van der Waals surface area contributed by atoms with Crippen LogP contribution in [0.1, 0.15) is 241 Å². The summed E-state index contributed by atoms with van der Waals surface area (Å²) < 4.78 is 14.6.